The van der Waals surface area contributed by atoms with E-state index in [0.717, 1.165) is 4.90 Å². The van der Waals surface area contributed by atoms with Crippen molar-refractivity contribution in [2.75, 3.05) is 13.1 Å². The first-order chi connectivity index (χ1) is 8.43. The van der Waals surface area contributed by atoms with Gasteiger partial charge in [-0.1, -0.05) is 0 Å². The Hall–Kier alpha value is -1.49. The van der Waals surface area contributed by atoms with Gasteiger partial charge >= 0.3 is 0 Å². The first-order valence-electron chi connectivity index (χ1n) is 5.82. The number of hydrogen-bond acceptors (Lipinski definition) is 3. The van der Waals surface area contributed by atoms with Crippen LogP contribution < -0.4 is 5.32 Å². The SMILES string of the molecule is CC1(C)C(=O)NCCN1C(=O)c1ccc(S)cc1. The second-order valence-corrected chi connectivity index (χ2v) is 5.33. The van der Waals surface area contributed by atoms with Gasteiger partial charge in [0.25, 0.3) is 5.91 Å². The highest BCUT2D eigenvalue weighted by atomic mass is 32.1. The van der Waals surface area contributed by atoms with E-state index in [9.17, 15) is 9.59 Å². The molecule has 1 aliphatic heterocycles. The van der Waals surface area contributed by atoms with Gasteiger partial charge in [-0.25, -0.2) is 0 Å². The van der Waals surface area contributed by atoms with Gasteiger partial charge in [-0.2, -0.15) is 0 Å². The molecule has 1 fully saturated rings. The molecule has 0 saturated carbocycles. The van der Waals surface area contributed by atoms with E-state index >= 15 is 0 Å². The van der Waals surface area contributed by atoms with Gasteiger partial charge in [-0.3, -0.25) is 9.59 Å². The summed E-state index contributed by atoms with van der Waals surface area (Å²) in [5.41, 5.74) is -0.231. The van der Waals surface area contributed by atoms with Crippen molar-refractivity contribution >= 4 is 24.4 Å². The third-order valence-electron chi connectivity index (χ3n) is 3.21. The lowest BCUT2D eigenvalue weighted by Crippen LogP contribution is -2.63. The average Bonchev–Trinajstić information content (AvgIpc) is 2.33. The molecule has 1 aliphatic rings. The lowest BCUT2D eigenvalue weighted by atomic mass is 9.97. The van der Waals surface area contributed by atoms with E-state index < -0.39 is 5.54 Å². The molecule has 1 N–H and O–H groups in total. The summed E-state index contributed by atoms with van der Waals surface area (Å²) >= 11 is 4.19. The van der Waals surface area contributed by atoms with Gasteiger partial charge in [0.05, 0.1) is 0 Å². The molecule has 2 rings (SSSR count). The maximum atomic E-state index is 12.4. The number of nitrogens with one attached hydrogen (secondary N) is 1. The summed E-state index contributed by atoms with van der Waals surface area (Å²) in [6, 6.07) is 7.00. The molecule has 5 heteroatoms. The topological polar surface area (TPSA) is 49.4 Å². The fourth-order valence-corrected chi connectivity index (χ4v) is 2.16. The van der Waals surface area contributed by atoms with Crippen LogP contribution in [0.5, 0.6) is 0 Å². The molecule has 0 radical (unpaired) electrons. The lowest BCUT2D eigenvalue weighted by Gasteiger charge is -2.41. The van der Waals surface area contributed by atoms with Gasteiger partial charge in [-0.05, 0) is 38.1 Å². The minimum Gasteiger partial charge on any atom is -0.352 e. The van der Waals surface area contributed by atoms with Crippen LogP contribution in [0.1, 0.15) is 24.2 Å². The third-order valence-corrected chi connectivity index (χ3v) is 3.51. The van der Waals surface area contributed by atoms with Crippen molar-refractivity contribution in [3.05, 3.63) is 29.8 Å². The summed E-state index contributed by atoms with van der Waals surface area (Å²) in [6.07, 6.45) is 0. The number of carbonyl (C=O) groups excluding carboxylic acids is 2. The predicted octanol–water partition coefficient (Wildman–Crippen LogP) is 1.33. The van der Waals surface area contributed by atoms with E-state index in [-0.39, 0.29) is 11.8 Å². The minimum absolute atomic E-state index is 0.118. The van der Waals surface area contributed by atoms with Crippen LogP contribution in [-0.2, 0) is 4.79 Å². The van der Waals surface area contributed by atoms with E-state index in [1.165, 1.54) is 0 Å². The van der Waals surface area contributed by atoms with Crippen molar-refractivity contribution in [3.8, 4) is 0 Å². The highest BCUT2D eigenvalue weighted by Crippen LogP contribution is 2.21. The smallest absolute Gasteiger partial charge is 0.254 e. The molecule has 2 amide bonds. The molecule has 1 aromatic carbocycles. The molecular weight excluding hydrogens is 248 g/mol. The van der Waals surface area contributed by atoms with Crippen molar-refractivity contribution in [2.45, 2.75) is 24.3 Å². The van der Waals surface area contributed by atoms with Crippen LogP contribution in [0.3, 0.4) is 0 Å². The summed E-state index contributed by atoms with van der Waals surface area (Å²) in [5, 5.41) is 2.77. The van der Waals surface area contributed by atoms with Gasteiger partial charge in [0.2, 0.25) is 5.91 Å². The number of thiol groups is 1. The van der Waals surface area contributed by atoms with Crippen molar-refractivity contribution < 1.29 is 9.59 Å². The predicted molar refractivity (Wildman–Crippen MR) is 71.8 cm³/mol. The maximum Gasteiger partial charge on any atom is 0.254 e. The molecule has 0 aromatic heterocycles. The number of rotatable bonds is 1. The summed E-state index contributed by atoms with van der Waals surface area (Å²) in [7, 11) is 0. The third kappa shape index (κ3) is 2.22. The normalized spacial score (nSPS) is 18.4. The van der Waals surface area contributed by atoms with Crippen LogP contribution in [0.4, 0.5) is 0 Å². The molecule has 96 valence electrons. The Labute approximate surface area is 112 Å². The number of amides is 2. The zero-order valence-corrected chi connectivity index (χ0v) is 11.3. The van der Waals surface area contributed by atoms with Gasteiger partial charge in [0, 0.05) is 23.5 Å². The Kier molecular flexibility index (Phi) is 3.34. The number of benzene rings is 1. The first kappa shape index (κ1) is 13.0. The average molecular weight is 264 g/mol. The Balaban J connectivity index is 2.28. The van der Waals surface area contributed by atoms with Crippen LogP contribution in [0.2, 0.25) is 0 Å². The number of hydrogen-bond donors (Lipinski definition) is 2. The lowest BCUT2D eigenvalue weighted by molar-refractivity contribution is -0.133. The number of nitrogens with zero attached hydrogens (tertiary/aromatic N) is 1. The van der Waals surface area contributed by atoms with E-state index in [2.05, 4.69) is 17.9 Å². The van der Waals surface area contributed by atoms with E-state index in [0.29, 0.717) is 18.7 Å². The Morgan fingerprint density at radius 1 is 1.33 bits per heavy atom. The first-order valence-corrected chi connectivity index (χ1v) is 6.27. The van der Waals surface area contributed by atoms with Gasteiger partial charge < -0.3 is 10.2 Å². The molecule has 4 nitrogen and oxygen atoms in total. The zero-order chi connectivity index (χ0) is 13.3. The number of carbonyl (C=O) groups is 2. The molecule has 0 spiro atoms. The molecule has 18 heavy (non-hydrogen) atoms. The zero-order valence-electron chi connectivity index (χ0n) is 10.4. The van der Waals surface area contributed by atoms with Crippen LogP contribution in [0, 0.1) is 0 Å². The van der Waals surface area contributed by atoms with Crippen LogP contribution in [0.15, 0.2) is 29.2 Å². The number of piperazine rings is 1. The van der Waals surface area contributed by atoms with Gasteiger partial charge in [0.1, 0.15) is 5.54 Å². The highest BCUT2D eigenvalue weighted by Gasteiger charge is 2.40. The van der Waals surface area contributed by atoms with Gasteiger partial charge in [0.15, 0.2) is 0 Å². The fraction of sp³-hybridized carbons (Fsp3) is 0.385. The largest absolute Gasteiger partial charge is 0.352 e. The van der Waals surface area contributed by atoms with E-state index in [1.807, 2.05) is 0 Å². The minimum atomic E-state index is -0.811. The molecule has 1 aromatic rings. The van der Waals surface area contributed by atoms with E-state index in [1.54, 1.807) is 43.0 Å². The Bertz CT molecular complexity index is 482. The van der Waals surface area contributed by atoms with Crippen molar-refractivity contribution in [1.29, 1.82) is 0 Å². The highest BCUT2D eigenvalue weighted by molar-refractivity contribution is 7.80. The second kappa shape index (κ2) is 4.65. The Morgan fingerprint density at radius 2 is 1.94 bits per heavy atom. The molecule has 0 unspecified atom stereocenters. The van der Waals surface area contributed by atoms with Crippen LogP contribution >= 0.6 is 12.6 Å². The maximum absolute atomic E-state index is 12.4. The monoisotopic (exact) mass is 264 g/mol. The van der Waals surface area contributed by atoms with Gasteiger partial charge in [-0.15, -0.1) is 12.6 Å². The fourth-order valence-electron chi connectivity index (χ4n) is 2.01. The quantitative estimate of drug-likeness (QED) is 0.752. The van der Waals surface area contributed by atoms with Crippen molar-refractivity contribution in [1.82, 2.24) is 10.2 Å². The standard InChI is InChI=1S/C13H16N2O2S/c1-13(2)12(17)14-7-8-15(13)11(16)9-3-5-10(18)6-4-9/h3-6,18H,7-8H2,1-2H3,(H,14,17). The Morgan fingerprint density at radius 3 is 2.56 bits per heavy atom. The molecule has 1 heterocycles. The van der Waals surface area contributed by atoms with Crippen molar-refractivity contribution in [3.63, 3.8) is 0 Å². The second-order valence-electron chi connectivity index (χ2n) is 4.82. The summed E-state index contributed by atoms with van der Waals surface area (Å²) < 4.78 is 0. The van der Waals surface area contributed by atoms with Crippen molar-refractivity contribution in [2.24, 2.45) is 0 Å². The summed E-state index contributed by atoms with van der Waals surface area (Å²) in [5.74, 6) is -0.240. The van der Waals surface area contributed by atoms with Crippen LogP contribution in [-0.4, -0.2) is 35.3 Å². The van der Waals surface area contributed by atoms with E-state index in [4.69, 9.17) is 0 Å². The molecule has 1 saturated heterocycles. The molecular formula is C13H16N2O2S. The molecule has 0 bridgehead atoms. The summed E-state index contributed by atoms with van der Waals surface area (Å²) in [6.45, 7) is 4.54. The van der Waals surface area contributed by atoms with Crippen LogP contribution in [0.25, 0.3) is 0 Å². The summed E-state index contributed by atoms with van der Waals surface area (Å²) in [4.78, 5) is 26.6. The molecule has 0 atom stereocenters. The molecule has 0 aliphatic carbocycles.